The van der Waals surface area contributed by atoms with E-state index in [0.29, 0.717) is 0 Å². The Labute approximate surface area is 179 Å². The van der Waals surface area contributed by atoms with E-state index in [-0.39, 0.29) is 10.9 Å². The number of benzene rings is 4. The second-order valence-corrected chi connectivity index (χ2v) is 9.41. The van der Waals surface area contributed by atoms with E-state index in [1.807, 2.05) is 24.3 Å². The molecule has 3 heteroatoms. The van der Waals surface area contributed by atoms with Crippen molar-refractivity contribution >= 4 is 34.1 Å². The number of rotatable bonds is 4. The summed E-state index contributed by atoms with van der Waals surface area (Å²) in [5.74, 6) is 0. The summed E-state index contributed by atoms with van der Waals surface area (Å²) in [6.07, 6.45) is 2.27. The molecule has 0 atom stereocenters. The molecule has 0 spiro atoms. The first-order valence-electron chi connectivity index (χ1n) is 8.98. The fourth-order valence-electron chi connectivity index (χ4n) is 3.12. The van der Waals surface area contributed by atoms with Gasteiger partial charge in [-0.2, -0.15) is 0 Å². The maximum Gasteiger partial charge on any atom is 0.160 e. The van der Waals surface area contributed by atoms with E-state index in [0.717, 1.165) is 10.0 Å². The van der Waals surface area contributed by atoms with Crippen LogP contribution in [0.3, 0.4) is 0 Å². The van der Waals surface area contributed by atoms with Gasteiger partial charge < -0.3 is 0 Å². The highest BCUT2D eigenvalue weighted by atomic mass is 35.5. The van der Waals surface area contributed by atoms with Crippen LogP contribution in [0.25, 0.3) is 22.3 Å². The summed E-state index contributed by atoms with van der Waals surface area (Å²) in [4.78, 5) is 2.66. The van der Waals surface area contributed by atoms with E-state index in [1.165, 1.54) is 32.0 Å². The molecule has 0 nitrogen and oxygen atoms in total. The Morgan fingerprint density at radius 3 is 0.964 bits per heavy atom. The topological polar surface area (TPSA) is 0 Å². The van der Waals surface area contributed by atoms with Crippen LogP contribution in [0.4, 0.5) is 0 Å². The predicted molar refractivity (Wildman–Crippen MR) is 124 cm³/mol. The van der Waals surface area contributed by atoms with E-state index in [4.69, 9.17) is 23.2 Å². The summed E-state index contributed by atoms with van der Waals surface area (Å²) in [5, 5.41) is 1.52. The lowest BCUT2D eigenvalue weighted by Gasteiger charge is -2.07. The summed E-state index contributed by atoms with van der Waals surface area (Å²) in [6, 6.07) is 33.6. The molecule has 0 aliphatic carbocycles. The predicted octanol–water partition coefficient (Wildman–Crippen LogP) is 7.99. The highest BCUT2D eigenvalue weighted by molar-refractivity contribution is 7.96. The van der Waals surface area contributed by atoms with Crippen LogP contribution in [0, 0.1) is 0 Å². The fourth-order valence-corrected chi connectivity index (χ4v) is 4.74. The second kappa shape index (κ2) is 8.45. The third-order valence-corrected chi connectivity index (χ3v) is 7.23. The molecule has 28 heavy (non-hydrogen) atoms. The van der Waals surface area contributed by atoms with Crippen LogP contribution >= 0.6 is 23.2 Å². The van der Waals surface area contributed by atoms with Gasteiger partial charge in [-0.05, 0) is 95.1 Å². The second-order valence-electron chi connectivity index (χ2n) is 6.57. The van der Waals surface area contributed by atoms with Crippen LogP contribution in [-0.4, -0.2) is 6.26 Å². The lowest BCUT2D eigenvalue weighted by atomic mass is 10.1. The summed E-state index contributed by atoms with van der Waals surface area (Å²) in [6.45, 7) is 0. The average Bonchev–Trinajstić information content (AvgIpc) is 2.75. The molecule has 0 radical (unpaired) electrons. The Kier molecular flexibility index (Phi) is 5.77. The number of halogens is 2. The Morgan fingerprint density at radius 1 is 0.429 bits per heavy atom. The van der Waals surface area contributed by atoms with Gasteiger partial charge in [-0.1, -0.05) is 47.5 Å². The molecule has 0 heterocycles. The highest BCUT2D eigenvalue weighted by Crippen LogP contribution is 2.28. The molecule has 0 amide bonds. The quantitative estimate of drug-likeness (QED) is 0.292. The Hall–Kier alpha value is -2.19. The molecular weight excluding hydrogens is 403 g/mol. The van der Waals surface area contributed by atoms with Gasteiger partial charge in [0.2, 0.25) is 0 Å². The van der Waals surface area contributed by atoms with Gasteiger partial charge in [0, 0.05) is 10.0 Å². The molecule has 0 unspecified atom stereocenters. The first-order chi connectivity index (χ1) is 13.6. The van der Waals surface area contributed by atoms with E-state index >= 15 is 0 Å². The zero-order valence-electron chi connectivity index (χ0n) is 15.4. The lowest BCUT2D eigenvalue weighted by molar-refractivity contribution is 1.38. The summed E-state index contributed by atoms with van der Waals surface area (Å²) in [5.41, 5.74) is 4.77. The number of hydrogen-bond donors (Lipinski definition) is 0. The maximum atomic E-state index is 5.99. The zero-order chi connectivity index (χ0) is 19.5. The standard InChI is InChI=1S/C25H19Cl2S/c1-28(24-14-6-20(7-15-24)18-2-10-22(26)11-3-18)25-16-8-21(9-17-25)19-4-12-23(27)13-5-19/h2-17H,1H3/q+1. The third kappa shape index (κ3) is 4.28. The summed E-state index contributed by atoms with van der Waals surface area (Å²) >= 11 is 12.0. The smallest absolute Gasteiger partial charge is 0.0843 e. The van der Waals surface area contributed by atoms with E-state index in [9.17, 15) is 0 Å². The van der Waals surface area contributed by atoms with Crippen molar-refractivity contribution in [1.82, 2.24) is 0 Å². The zero-order valence-corrected chi connectivity index (χ0v) is 17.7. The SMILES string of the molecule is C[S+](c1ccc(-c2ccc(Cl)cc2)cc1)c1ccc(-c2ccc(Cl)cc2)cc1. The lowest BCUT2D eigenvalue weighted by Crippen LogP contribution is -2.00. The van der Waals surface area contributed by atoms with E-state index in [1.54, 1.807) is 0 Å². The van der Waals surface area contributed by atoms with Crippen LogP contribution in [0.15, 0.2) is 107 Å². The molecule has 0 saturated heterocycles. The van der Waals surface area contributed by atoms with Crippen LogP contribution in [-0.2, 0) is 10.9 Å². The van der Waals surface area contributed by atoms with Crippen molar-refractivity contribution in [2.45, 2.75) is 9.79 Å². The van der Waals surface area contributed by atoms with Gasteiger partial charge in [-0.3, -0.25) is 0 Å². The van der Waals surface area contributed by atoms with Gasteiger partial charge >= 0.3 is 0 Å². The van der Waals surface area contributed by atoms with E-state index in [2.05, 4.69) is 79.1 Å². The van der Waals surface area contributed by atoms with Crippen molar-refractivity contribution in [3.8, 4) is 22.3 Å². The van der Waals surface area contributed by atoms with Crippen LogP contribution in [0.5, 0.6) is 0 Å². The van der Waals surface area contributed by atoms with Gasteiger partial charge in [-0.15, -0.1) is 0 Å². The van der Waals surface area contributed by atoms with Gasteiger partial charge in [-0.25, -0.2) is 0 Å². The van der Waals surface area contributed by atoms with Crippen LogP contribution < -0.4 is 0 Å². The largest absolute Gasteiger partial charge is 0.160 e. The first kappa shape index (κ1) is 19.1. The normalized spacial score (nSPS) is 11.0. The van der Waals surface area contributed by atoms with Crippen molar-refractivity contribution < 1.29 is 0 Å². The molecule has 0 fully saturated rings. The Morgan fingerprint density at radius 2 is 0.679 bits per heavy atom. The molecule has 0 bridgehead atoms. The number of hydrogen-bond acceptors (Lipinski definition) is 0. The molecule has 4 aromatic rings. The maximum absolute atomic E-state index is 5.99. The molecule has 0 aromatic heterocycles. The van der Waals surface area contributed by atoms with E-state index < -0.39 is 0 Å². The van der Waals surface area contributed by atoms with Crippen molar-refractivity contribution in [2.75, 3.05) is 6.26 Å². The van der Waals surface area contributed by atoms with Crippen molar-refractivity contribution in [3.63, 3.8) is 0 Å². The molecule has 0 N–H and O–H groups in total. The molecule has 0 aliphatic heterocycles. The Bertz CT molecular complexity index is 963. The van der Waals surface area contributed by atoms with Crippen molar-refractivity contribution in [2.24, 2.45) is 0 Å². The van der Waals surface area contributed by atoms with Gasteiger partial charge in [0.05, 0.1) is 10.9 Å². The fraction of sp³-hybridized carbons (Fsp3) is 0.0400. The summed E-state index contributed by atoms with van der Waals surface area (Å²) < 4.78 is 0. The van der Waals surface area contributed by atoms with Crippen molar-refractivity contribution in [3.05, 3.63) is 107 Å². The third-order valence-electron chi connectivity index (χ3n) is 4.77. The molecular formula is C25H19Cl2S+. The minimum Gasteiger partial charge on any atom is -0.0843 e. The van der Waals surface area contributed by atoms with Gasteiger partial charge in [0.1, 0.15) is 6.26 Å². The van der Waals surface area contributed by atoms with Crippen LogP contribution in [0.2, 0.25) is 10.0 Å². The average molecular weight is 422 g/mol. The molecule has 0 saturated carbocycles. The minimum absolute atomic E-state index is 0.0243. The minimum atomic E-state index is 0.0243. The molecule has 4 rings (SSSR count). The first-order valence-corrected chi connectivity index (χ1v) is 11.4. The van der Waals surface area contributed by atoms with Gasteiger partial charge in [0.15, 0.2) is 9.79 Å². The monoisotopic (exact) mass is 421 g/mol. The summed E-state index contributed by atoms with van der Waals surface area (Å²) in [7, 11) is 0.0243. The van der Waals surface area contributed by atoms with Crippen molar-refractivity contribution in [1.29, 1.82) is 0 Å². The Balaban J connectivity index is 1.53. The van der Waals surface area contributed by atoms with Crippen LogP contribution in [0.1, 0.15) is 0 Å². The molecule has 4 aromatic carbocycles. The van der Waals surface area contributed by atoms with Gasteiger partial charge in [0.25, 0.3) is 0 Å². The highest BCUT2D eigenvalue weighted by Gasteiger charge is 2.19. The molecule has 0 aliphatic rings. The molecule has 138 valence electrons.